The lowest BCUT2D eigenvalue weighted by molar-refractivity contribution is 0.417. The summed E-state index contributed by atoms with van der Waals surface area (Å²) in [7, 11) is 0. The number of hydrogen-bond acceptors (Lipinski definition) is 3. The zero-order chi connectivity index (χ0) is 8.27. The van der Waals surface area contributed by atoms with Crippen molar-refractivity contribution in [2.24, 2.45) is 0 Å². The summed E-state index contributed by atoms with van der Waals surface area (Å²) in [4.78, 5) is 15.6. The van der Waals surface area contributed by atoms with Gasteiger partial charge >= 0.3 is 5.69 Å². The van der Waals surface area contributed by atoms with Crippen LogP contribution in [-0.4, -0.2) is 9.97 Å². The molecule has 0 atom stereocenters. The maximum atomic E-state index is 12.6. The molecule has 5 heteroatoms. The average molecular weight is 158 g/mol. The van der Waals surface area contributed by atoms with Gasteiger partial charge in [-0.05, 0) is 0 Å². The van der Waals surface area contributed by atoms with Gasteiger partial charge in [-0.15, -0.1) is 0 Å². The largest absolute Gasteiger partial charge is 0.446 e. The number of nitrogens with one attached hydrogen (secondary N) is 1. The van der Waals surface area contributed by atoms with Crippen molar-refractivity contribution in [3.05, 3.63) is 35.3 Å². The maximum absolute atomic E-state index is 12.6. The molecule has 0 amide bonds. The average Bonchev–Trinajstić information content (AvgIpc) is 1.98. The summed E-state index contributed by atoms with van der Waals surface area (Å²) >= 11 is 0. The predicted octanol–water partition coefficient (Wildman–Crippen LogP) is 0.677. The minimum Gasteiger partial charge on any atom is -0.446 e. The molecule has 0 saturated heterocycles. The fourth-order valence-electron chi connectivity index (χ4n) is 0.532. The highest BCUT2D eigenvalue weighted by molar-refractivity contribution is 5.09. The SMILES string of the molecule is C=COc1[nH]c(=O)ncc1F.[HH]. The Morgan fingerprint density at radius 1 is 1.91 bits per heavy atom. The fourth-order valence-corrected chi connectivity index (χ4v) is 0.532. The number of ether oxygens (including phenoxy) is 1. The molecule has 0 aliphatic carbocycles. The van der Waals surface area contributed by atoms with E-state index < -0.39 is 11.5 Å². The molecule has 1 aromatic rings. The van der Waals surface area contributed by atoms with Crippen LogP contribution < -0.4 is 10.4 Å². The van der Waals surface area contributed by atoms with Crippen LogP contribution in [0.5, 0.6) is 5.88 Å². The number of halogens is 1. The van der Waals surface area contributed by atoms with Crippen LogP contribution in [0.3, 0.4) is 0 Å². The molecule has 0 saturated carbocycles. The molecule has 0 bridgehead atoms. The van der Waals surface area contributed by atoms with E-state index in [0.29, 0.717) is 0 Å². The molecule has 0 spiro atoms. The molecule has 0 unspecified atom stereocenters. The van der Waals surface area contributed by atoms with Crippen LogP contribution in [0.1, 0.15) is 1.43 Å². The molecule has 0 aliphatic heterocycles. The van der Waals surface area contributed by atoms with E-state index in [-0.39, 0.29) is 7.31 Å². The van der Waals surface area contributed by atoms with Gasteiger partial charge in [0, 0.05) is 1.43 Å². The van der Waals surface area contributed by atoms with Crippen LogP contribution >= 0.6 is 0 Å². The summed E-state index contributed by atoms with van der Waals surface area (Å²) in [6.45, 7) is 3.20. The fraction of sp³-hybridized carbons (Fsp3) is 0. The van der Waals surface area contributed by atoms with Crippen LogP contribution in [0.4, 0.5) is 4.39 Å². The Bertz CT molecular complexity index is 326. The van der Waals surface area contributed by atoms with Gasteiger partial charge in [0.2, 0.25) is 11.7 Å². The first-order valence-electron chi connectivity index (χ1n) is 2.76. The van der Waals surface area contributed by atoms with E-state index in [4.69, 9.17) is 0 Å². The van der Waals surface area contributed by atoms with Crippen LogP contribution in [-0.2, 0) is 0 Å². The summed E-state index contributed by atoms with van der Waals surface area (Å²) in [5.41, 5.74) is -0.664. The zero-order valence-electron chi connectivity index (χ0n) is 5.50. The first-order chi connectivity index (χ1) is 5.24. The van der Waals surface area contributed by atoms with Gasteiger partial charge in [0.25, 0.3) is 0 Å². The summed E-state index contributed by atoms with van der Waals surface area (Å²) in [6, 6.07) is 0. The van der Waals surface area contributed by atoms with Gasteiger partial charge in [-0.1, -0.05) is 6.58 Å². The first-order valence-corrected chi connectivity index (χ1v) is 2.76. The molecule has 0 aromatic carbocycles. The summed E-state index contributed by atoms with van der Waals surface area (Å²) in [5, 5.41) is 0. The van der Waals surface area contributed by atoms with Gasteiger partial charge in [0.15, 0.2) is 0 Å². The monoisotopic (exact) mass is 158 g/mol. The minimum atomic E-state index is -0.732. The van der Waals surface area contributed by atoms with Gasteiger partial charge < -0.3 is 4.74 Å². The zero-order valence-corrected chi connectivity index (χ0v) is 5.50. The van der Waals surface area contributed by atoms with Gasteiger partial charge in [-0.3, -0.25) is 4.98 Å². The molecule has 11 heavy (non-hydrogen) atoms. The minimum absolute atomic E-state index is 0. The number of hydrogen-bond donors (Lipinski definition) is 1. The van der Waals surface area contributed by atoms with Crippen molar-refractivity contribution in [1.82, 2.24) is 9.97 Å². The van der Waals surface area contributed by atoms with E-state index in [0.717, 1.165) is 12.5 Å². The van der Waals surface area contributed by atoms with Crippen LogP contribution in [0.15, 0.2) is 23.8 Å². The molecule has 0 fully saturated rings. The van der Waals surface area contributed by atoms with Crippen molar-refractivity contribution < 1.29 is 10.6 Å². The van der Waals surface area contributed by atoms with Crippen LogP contribution in [0.25, 0.3) is 0 Å². The Kier molecular flexibility index (Phi) is 2.00. The Labute approximate surface area is 62.8 Å². The third-order valence-corrected chi connectivity index (χ3v) is 0.934. The molecule has 60 valence electrons. The third kappa shape index (κ3) is 1.64. The van der Waals surface area contributed by atoms with E-state index in [9.17, 15) is 9.18 Å². The van der Waals surface area contributed by atoms with Crippen molar-refractivity contribution in [2.75, 3.05) is 0 Å². The quantitative estimate of drug-likeness (QED) is 0.644. The molecule has 1 rings (SSSR count). The maximum Gasteiger partial charge on any atom is 0.347 e. The topological polar surface area (TPSA) is 55.0 Å². The van der Waals surface area contributed by atoms with Crippen molar-refractivity contribution in [2.45, 2.75) is 0 Å². The van der Waals surface area contributed by atoms with E-state index in [2.05, 4.69) is 16.3 Å². The molecular weight excluding hydrogens is 151 g/mol. The van der Waals surface area contributed by atoms with E-state index in [1.165, 1.54) is 0 Å². The van der Waals surface area contributed by atoms with E-state index in [1.807, 2.05) is 4.98 Å². The number of rotatable bonds is 2. The van der Waals surface area contributed by atoms with Crippen molar-refractivity contribution >= 4 is 0 Å². The number of aromatic amines is 1. The van der Waals surface area contributed by atoms with Gasteiger partial charge in [0.05, 0.1) is 12.5 Å². The Hall–Kier alpha value is -1.65. The molecule has 4 nitrogen and oxygen atoms in total. The molecular formula is C6H7FN2O2. The van der Waals surface area contributed by atoms with Crippen molar-refractivity contribution in [3.63, 3.8) is 0 Å². The smallest absolute Gasteiger partial charge is 0.347 e. The highest BCUT2D eigenvalue weighted by Gasteiger charge is 2.01. The summed E-state index contributed by atoms with van der Waals surface area (Å²) in [6.07, 6.45) is 1.78. The molecule has 1 heterocycles. The van der Waals surface area contributed by atoms with Crippen molar-refractivity contribution in [3.8, 4) is 5.88 Å². The molecule has 0 radical (unpaired) electrons. The lowest BCUT2D eigenvalue weighted by Gasteiger charge is -1.97. The van der Waals surface area contributed by atoms with Crippen LogP contribution in [0.2, 0.25) is 0 Å². The number of aromatic nitrogens is 2. The van der Waals surface area contributed by atoms with Gasteiger partial charge in [-0.2, -0.15) is 9.37 Å². The Morgan fingerprint density at radius 2 is 2.64 bits per heavy atom. The summed E-state index contributed by atoms with van der Waals surface area (Å²) in [5.74, 6) is -1.01. The first kappa shape index (κ1) is 7.46. The van der Waals surface area contributed by atoms with E-state index >= 15 is 0 Å². The van der Waals surface area contributed by atoms with Gasteiger partial charge in [0.1, 0.15) is 0 Å². The summed E-state index contributed by atoms with van der Waals surface area (Å²) < 4.78 is 17.1. The van der Waals surface area contributed by atoms with E-state index in [1.54, 1.807) is 0 Å². The van der Waals surface area contributed by atoms with Crippen molar-refractivity contribution in [1.29, 1.82) is 0 Å². The second-order valence-corrected chi connectivity index (χ2v) is 1.65. The second-order valence-electron chi connectivity index (χ2n) is 1.65. The van der Waals surface area contributed by atoms with Gasteiger partial charge in [-0.25, -0.2) is 4.79 Å². The Morgan fingerprint density at radius 3 is 3.27 bits per heavy atom. The number of H-pyrrole nitrogens is 1. The third-order valence-electron chi connectivity index (χ3n) is 0.934. The van der Waals surface area contributed by atoms with Crippen LogP contribution in [0, 0.1) is 5.82 Å². The Balaban J connectivity index is 0.00000121. The standard InChI is InChI=1S/C6H5FN2O2.H2/c1-2-11-5-4(7)3-8-6(10)9-5;/h2-3H,1H2,(H,8,9,10);1H. The molecule has 1 aromatic heterocycles. The molecule has 0 aliphatic rings. The highest BCUT2D eigenvalue weighted by Crippen LogP contribution is 2.07. The lowest BCUT2D eigenvalue weighted by atomic mass is 10.6. The molecule has 1 N–H and O–H groups in total. The predicted molar refractivity (Wildman–Crippen MR) is 37.8 cm³/mol. The second kappa shape index (κ2) is 2.96. The lowest BCUT2D eigenvalue weighted by Crippen LogP contribution is -2.11. The number of nitrogens with zero attached hydrogens (tertiary/aromatic N) is 1. The normalized spacial score (nSPS) is 9.18. The highest BCUT2D eigenvalue weighted by atomic mass is 19.1.